The molecule has 4 bridgehead atoms. The molecular weight excluding hydrogens is 656 g/mol. The standard InChI is InChI=1S/C40H46N8O4/c1-24-14-35(49)48(31-5-3-4-29(18-31)42-37(50)28-6-7-28)36-32(24)23-41-38(44-36)43-33-9-8-30(19-34(33)52-2)46-10-12-47(13-11-46)39(51)45-40-20-25-15-26(21-40)17-27(16-25)22-40/h3-5,8-9,14,18-19,23,25-28H,6-7,10-13,15-17,20-22H2,1-2H3,(H,42,50)(H,45,51)(H,41,43,44). The maximum Gasteiger partial charge on any atom is 0.317 e. The molecule has 3 amide bonds. The number of hydrogen-bond acceptors (Lipinski definition) is 8. The number of piperazine rings is 1. The Morgan fingerprint density at radius 1 is 0.904 bits per heavy atom. The van der Waals surface area contributed by atoms with Gasteiger partial charge in [-0.05, 0) is 112 Å². The molecule has 0 unspecified atom stereocenters. The first kappa shape index (κ1) is 32.8. The number of aromatic nitrogens is 3. The first-order valence-electron chi connectivity index (χ1n) is 18.8. The molecule has 6 fully saturated rings. The molecule has 10 rings (SSSR count). The molecule has 52 heavy (non-hydrogen) atoms. The molecule has 12 heteroatoms. The largest absolute Gasteiger partial charge is 0.494 e. The molecule has 4 aromatic rings. The van der Waals surface area contributed by atoms with Crippen molar-refractivity contribution in [3.63, 3.8) is 0 Å². The fourth-order valence-electron chi connectivity index (χ4n) is 9.71. The maximum absolute atomic E-state index is 13.5. The summed E-state index contributed by atoms with van der Waals surface area (Å²) in [6, 6.07) is 14.9. The molecule has 0 atom stereocenters. The number of nitrogens with one attached hydrogen (secondary N) is 3. The SMILES string of the molecule is COc1cc(N2CCN(C(=O)NC34CC5CC(CC(C5)C3)C4)CC2)ccc1Nc1ncc2c(C)cc(=O)n(-c3cccc(NC(=O)C4CC4)c3)c2n1. The zero-order valence-electron chi connectivity index (χ0n) is 29.9. The Bertz CT molecular complexity index is 2080. The van der Waals surface area contributed by atoms with Crippen LogP contribution in [0.15, 0.2) is 59.5 Å². The fourth-order valence-corrected chi connectivity index (χ4v) is 9.71. The zero-order valence-corrected chi connectivity index (χ0v) is 29.9. The summed E-state index contributed by atoms with van der Waals surface area (Å²) in [4.78, 5) is 53.0. The average molecular weight is 703 g/mol. The number of fused-ring (bicyclic) bond motifs is 1. The van der Waals surface area contributed by atoms with E-state index in [1.54, 1.807) is 30.0 Å². The molecule has 3 heterocycles. The molecule has 1 saturated heterocycles. The van der Waals surface area contributed by atoms with E-state index in [4.69, 9.17) is 9.72 Å². The Hall–Kier alpha value is -5.13. The van der Waals surface area contributed by atoms with Crippen LogP contribution in [0.3, 0.4) is 0 Å². The van der Waals surface area contributed by atoms with E-state index in [1.807, 2.05) is 48.2 Å². The number of aryl methyl sites for hydroxylation is 1. The van der Waals surface area contributed by atoms with Crippen molar-refractivity contribution in [3.05, 3.63) is 70.6 Å². The lowest BCUT2D eigenvalue weighted by Crippen LogP contribution is -2.63. The van der Waals surface area contributed by atoms with E-state index in [0.29, 0.717) is 47.5 Å². The van der Waals surface area contributed by atoms with E-state index < -0.39 is 0 Å². The molecule has 270 valence electrons. The lowest BCUT2D eigenvalue weighted by molar-refractivity contribution is -0.117. The number of benzene rings is 2. The Morgan fingerprint density at radius 3 is 2.33 bits per heavy atom. The second-order valence-corrected chi connectivity index (χ2v) is 15.9. The van der Waals surface area contributed by atoms with Gasteiger partial charge >= 0.3 is 6.03 Å². The van der Waals surface area contributed by atoms with Gasteiger partial charge in [-0.15, -0.1) is 0 Å². The van der Waals surface area contributed by atoms with Gasteiger partial charge in [0.05, 0.1) is 18.5 Å². The van der Waals surface area contributed by atoms with Crippen LogP contribution in [0.1, 0.15) is 56.9 Å². The van der Waals surface area contributed by atoms with Crippen molar-refractivity contribution < 1.29 is 14.3 Å². The van der Waals surface area contributed by atoms with Crippen LogP contribution in [0.5, 0.6) is 5.75 Å². The highest BCUT2D eigenvalue weighted by Crippen LogP contribution is 2.55. The van der Waals surface area contributed by atoms with Crippen molar-refractivity contribution in [3.8, 4) is 11.4 Å². The molecule has 3 N–H and O–H groups in total. The van der Waals surface area contributed by atoms with Crippen LogP contribution in [-0.4, -0.2) is 70.2 Å². The molecule has 5 aliphatic carbocycles. The van der Waals surface area contributed by atoms with E-state index in [1.165, 1.54) is 19.3 Å². The van der Waals surface area contributed by atoms with Gasteiger partial charge in [0, 0.05) is 72.7 Å². The Kier molecular flexibility index (Phi) is 8.08. The number of hydrogen-bond donors (Lipinski definition) is 3. The van der Waals surface area contributed by atoms with Gasteiger partial charge in [0.1, 0.15) is 5.75 Å². The monoisotopic (exact) mass is 702 g/mol. The van der Waals surface area contributed by atoms with E-state index in [-0.39, 0.29) is 29.0 Å². The summed E-state index contributed by atoms with van der Waals surface area (Å²) in [7, 11) is 1.63. The van der Waals surface area contributed by atoms with Crippen LogP contribution in [0.2, 0.25) is 0 Å². The highest BCUT2D eigenvalue weighted by molar-refractivity contribution is 5.94. The van der Waals surface area contributed by atoms with Gasteiger partial charge in [-0.3, -0.25) is 14.2 Å². The fraction of sp³-hybridized carbons (Fsp3) is 0.475. The minimum atomic E-state index is -0.229. The van der Waals surface area contributed by atoms with Crippen LogP contribution in [-0.2, 0) is 4.79 Å². The van der Waals surface area contributed by atoms with Gasteiger partial charge in [0.15, 0.2) is 5.65 Å². The van der Waals surface area contributed by atoms with Gasteiger partial charge in [-0.1, -0.05) is 6.07 Å². The average Bonchev–Trinajstić information content (AvgIpc) is 3.98. The van der Waals surface area contributed by atoms with E-state index >= 15 is 0 Å². The van der Waals surface area contributed by atoms with Crippen molar-refractivity contribution in [2.24, 2.45) is 23.7 Å². The van der Waals surface area contributed by atoms with Crippen molar-refractivity contribution in [1.29, 1.82) is 0 Å². The smallest absolute Gasteiger partial charge is 0.317 e. The van der Waals surface area contributed by atoms with Crippen LogP contribution < -0.4 is 31.1 Å². The van der Waals surface area contributed by atoms with Gasteiger partial charge in [-0.25, -0.2) is 9.78 Å². The summed E-state index contributed by atoms with van der Waals surface area (Å²) in [5.41, 5.74) is 3.94. The van der Waals surface area contributed by atoms with Gasteiger partial charge in [-0.2, -0.15) is 4.98 Å². The molecule has 6 aliphatic rings. The number of amides is 3. The Labute approximate surface area is 302 Å². The van der Waals surface area contributed by atoms with E-state index in [2.05, 4.69) is 25.8 Å². The van der Waals surface area contributed by atoms with Crippen molar-refractivity contribution in [2.45, 2.75) is 63.8 Å². The molecule has 2 aromatic heterocycles. The van der Waals surface area contributed by atoms with Crippen LogP contribution >= 0.6 is 0 Å². The highest BCUT2D eigenvalue weighted by atomic mass is 16.5. The van der Waals surface area contributed by atoms with Crippen molar-refractivity contribution in [2.75, 3.05) is 48.8 Å². The number of carbonyl (C=O) groups is 2. The first-order valence-corrected chi connectivity index (χ1v) is 18.8. The number of anilines is 4. The van der Waals surface area contributed by atoms with Crippen molar-refractivity contribution in [1.82, 2.24) is 24.8 Å². The first-order chi connectivity index (χ1) is 25.2. The summed E-state index contributed by atoms with van der Waals surface area (Å²) in [5, 5.41) is 10.6. The third kappa shape index (κ3) is 6.22. The molecule has 12 nitrogen and oxygen atoms in total. The van der Waals surface area contributed by atoms with E-state index in [9.17, 15) is 14.4 Å². The lowest BCUT2D eigenvalue weighted by Gasteiger charge is -2.57. The summed E-state index contributed by atoms with van der Waals surface area (Å²) in [6.45, 7) is 4.68. The van der Waals surface area contributed by atoms with Gasteiger partial charge < -0.3 is 30.5 Å². The molecular formula is C40H46N8O4. The predicted molar refractivity (Wildman–Crippen MR) is 201 cm³/mol. The number of nitrogens with zero attached hydrogens (tertiary/aromatic N) is 5. The minimum Gasteiger partial charge on any atom is -0.494 e. The number of rotatable bonds is 8. The normalized spacial score (nSPS) is 24.9. The van der Waals surface area contributed by atoms with Crippen molar-refractivity contribution >= 4 is 46.0 Å². The lowest BCUT2D eigenvalue weighted by atomic mass is 9.53. The van der Waals surface area contributed by atoms with Gasteiger partial charge in [0.2, 0.25) is 11.9 Å². The third-order valence-corrected chi connectivity index (χ3v) is 12.1. The molecule has 5 saturated carbocycles. The van der Waals surface area contributed by atoms with Crippen LogP contribution in [0.25, 0.3) is 16.7 Å². The van der Waals surface area contributed by atoms with Gasteiger partial charge in [0.25, 0.3) is 5.56 Å². The maximum atomic E-state index is 13.5. The number of ether oxygens (including phenoxy) is 1. The summed E-state index contributed by atoms with van der Waals surface area (Å²) in [6.07, 6.45) is 11.1. The minimum absolute atomic E-state index is 0.00382. The third-order valence-electron chi connectivity index (χ3n) is 12.1. The summed E-state index contributed by atoms with van der Waals surface area (Å²) in [5.74, 6) is 3.40. The zero-order chi connectivity index (χ0) is 35.6. The number of pyridine rings is 1. The molecule has 0 radical (unpaired) electrons. The Balaban J connectivity index is 0.899. The highest BCUT2D eigenvalue weighted by Gasteiger charge is 2.52. The summed E-state index contributed by atoms with van der Waals surface area (Å²) >= 11 is 0. The second-order valence-electron chi connectivity index (χ2n) is 15.9. The molecule has 2 aromatic carbocycles. The van der Waals surface area contributed by atoms with Crippen LogP contribution in [0.4, 0.5) is 27.8 Å². The number of urea groups is 1. The van der Waals surface area contributed by atoms with E-state index in [0.717, 1.165) is 79.6 Å². The summed E-state index contributed by atoms with van der Waals surface area (Å²) < 4.78 is 7.37. The predicted octanol–water partition coefficient (Wildman–Crippen LogP) is 5.99. The molecule has 0 spiro atoms. The number of methoxy groups -OCH3 is 1. The second kappa shape index (κ2) is 12.8. The quantitative estimate of drug-likeness (QED) is 0.204. The van der Waals surface area contributed by atoms with Crippen LogP contribution in [0, 0.1) is 30.6 Å². The topological polar surface area (TPSA) is 134 Å². The number of carbonyl (C=O) groups excluding carboxylic acids is 2. The molecule has 1 aliphatic heterocycles. The Morgan fingerprint density at radius 2 is 1.63 bits per heavy atom.